The molecule has 0 radical (unpaired) electrons. The molecular weight excluding hydrogens is 216 g/mol. The van der Waals surface area contributed by atoms with Gasteiger partial charge in [0, 0.05) is 6.42 Å². The van der Waals surface area contributed by atoms with E-state index in [1.807, 2.05) is 5.51 Å². The van der Waals surface area contributed by atoms with Gasteiger partial charge in [0.05, 0.1) is 16.1 Å². The van der Waals surface area contributed by atoms with Crippen molar-refractivity contribution in [1.82, 2.24) is 4.98 Å². The molecule has 0 aliphatic carbocycles. The number of aryl methyl sites for hydroxylation is 1. The molecule has 0 atom stereocenters. The van der Waals surface area contributed by atoms with Crippen molar-refractivity contribution in [2.45, 2.75) is 19.8 Å². The van der Waals surface area contributed by atoms with E-state index >= 15 is 0 Å². The van der Waals surface area contributed by atoms with Crippen LogP contribution in [0.15, 0.2) is 29.8 Å². The molecule has 1 aromatic heterocycles. The van der Waals surface area contributed by atoms with Crippen molar-refractivity contribution in [3.05, 3.63) is 41.0 Å². The molecule has 2 rings (SSSR count). The Labute approximate surface area is 100 Å². The number of benzene rings is 1. The highest BCUT2D eigenvalue weighted by molar-refractivity contribution is 7.13. The summed E-state index contributed by atoms with van der Waals surface area (Å²) in [6.07, 6.45) is 1.94. The van der Waals surface area contributed by atoms with Crippen LogP contribution in [0, 0.1) is 0 Å². The lowest BCUT2D eigenvalue weighted by Crippen LogP contribution is -2.03. The fourth-order valence-corrected chi connectivity index (χ4v) is 2.56. The molecule has 84 valence electrons. The topological polar surface area (TPSA) is 38.9 Å². The quantitative estimate of drug-likeness (QED) is 0.880. The van der Waals surface area contributed by atoms with Crippen LogP contribution in [0.3, 0.4) is 0 Å². The van der Waals surface area contributed by atoms with Gasteiger partial charge in [-0.1, -0.05) is 31.2 Å². The molecule has 1 aromatic carbocycles. The Morgan fingerprint density at radius 2 is 2.00 bits per heavy atom. The summed E-state index contributed by atoms with van der Waals surface area (Å²) >= 11 is 1.69. The summed E-state index contributed by atoms with van der Waals surface area (Å²) < 4.78 is 0. The van der Waals surface area contributed by atoms with Gasteiger partial charge in [-0.3, -0.25) is 0 Å². The first-order chi connectivity index (χ1) is 7.85. The van der Waals surface area contributed by atoms with Gasteiger partial charge in [-0.25, -0.2) is 4.98 Å². The van der Waals surface area contributed by atoms with Gasteiger partial charge in [-0.05, 0) is 24.1 Å². The Bertz CT molecular complexity index is 445. The smallest absolute Gasteiger partial charge is 0.0801 e. The number of nitrogens with two attached hydrogens (primary N) is 1. The molecule has 0 spiro atoms. The predicted molar refractivity (Wildman–Crippen MR) is 69.7 cm³/mol. The summed E-state index contributed by atoms with van der Waals surface area (Å²) in [6, 6.07) is 8.71. The van der Waals surface area contributed by atoms with E-state index in [0.717, 1.165) is 18.5 Å². The van der Waals surface area contributed by atoms with Crippen molar-refractivity contribution in [2.24, 2.45) is 5.73 Å². The van der Waals surface area contributed by atoms with Gasteiger partial charge < -0.3 is 5.73 Å². The van der Waals surface area contributed by atoms with Crippen molar-refractivity contribution in [3.63, 3.8) is 0 Å². The molecule has 0 aliphatic rings. The van der Waals surface area contributed by atoms with E-state index in [9.17, 15) is 0 Å². The molecule has 0 fully saturated rings. The van der Waals surface area contributed by atoms with Gasteiger partial charge in [-0.15, -0.1) is 11.3 Å². The lowest BCUT2D eigenvalue weighted by molar-refractivity contribution is 0.937. The Balaban J connectivity index is 2.31. The maximum absolute atomic E-state index is 5.58. The predicted octanol–water partition coefficient (Wildman–Crippen LogP) is 2.87. The summed E-state index contributed by atoms with van der Waals surface area (Å²) in [4.78, 5) is 5.62. The zero-order chi connectivity index (χ0) is 11.4. The third-order valence-corrected chi connectivity index (χ3v) is 3.56. The molecule has 16 heavy (non-hydrogen) atoms. The van der Waals surface area contributed by atoms with Crippen molar-refractivity contribution in [3.8, 4) is 10.4 Å². The second kappa shape index (κ2) is 5.23. The molecule has 0 amide bonds. The average Bonchev–Trinajstić information content (AvgIpc) is 2.78. The molecule has 0 unspecified atom stereocenters. The fraction of sp³-hybridized carbons (Fsp3) is 0.308. The minimum Gasteiger partial charge on any atom is -0.330 e. The molecule has 1 heterocycles. The van der Waals surface area contributed by atoms with Crippen LogP contribution >= 0.6 is 11.3 Å². The van der Waals surface area contributed by atoms with Crippen LogP contribution in [0.1, 0.15) is 18.2 Å². The van der Waals surface area contributed by atoms with Gasteiger partial charge in [0.25, 0.3) is 0 Å². The van der Waals surface area contributed by atoms with Crippen molar-refractivity contribution in [1.29, 1.82) is 0 Å². The van der Waals surface area contributed by atoms with E-state index in [2.05, 4.69) is 36.2 Å². The Morgan fingerprint density at radius 1 is 1.25 bits per heavy atom. The third kappa shape index (κ3) is 2.31. The number of nitrogens with zero attached hydrogens (tertiary/aromatic N) is 1. The number of hydrogen-bond acceptors (Lipinski definition) is 3. The molecule has 0 saturated heterocycles. The van der Waals surface area contributed by atoms with Crippen molar-refractivity contribution >= 4 is 11.3 Å². The Kier molecular flexibility index (Phi) is 3.70. The highest BCUT2D eigenvalue weighted by atomic mass is 32.1. The lowest BCUT2D eigenvalue weighted by Gasteiger charge is -2.02. The first-order valence-electron chi connectivity index (χ1n) is 5.57. The minimum absolute atomic E-state index is 0.657. The average molecular weight is 232 g/mol. The first kappa shape index (κ1) is 11.3. The van der Waals surface area contributed by atoms with Gasteiger partial charge >= 0.3 is 0 Å². The van der Waals surface area contributed by atoms with E-state index in [0.29, 0.717) is 6.54 Å². The summed E-state index contributed by atoms with van der Waals surface area (Å²) in [5.41, 5.74) is 11.2. The molecule has 2 nitrogen and oxygen atoms in total. The van der Waals surface area contributed by atoms with Crippen LogP contribution in [0.4, 0.5) is 0 Å². The highest BCUT2D eigenvalue weighted by Gasteiger charge is 2.07. The second-order valence-corrected chi connectivity index (χ2v) is 4.57. The van der Waals surface area contributed by atoms with Crippen molar-refractivity contribution in [2.75, 3.05) is 6.54 Å². The fourth-order valence-electron chi connectivity index (χ4n) is 1.71. The lowest BCUT2D eigenvalue weighted by atomic mass is 10.1. The number of aromatic nitrogens is 1. The van der Waals surface area contributed by atoms with E-state index in [1.165, 1.54) is 16.0 Å². The summed E-state index contributed by atoms with van der Waals surface area (Å²) in [6.45, 7) is 2.82. The molecule has 0 saturated carbocycles. The second-order valence-electron chi connectivity index (χ2n) is 3.72. The molecule has 0 bridgehead atoms. The zero-order valence-electron chi connectivity index (χ0n) is 9.44. The number of hydrogen-bond donors (Lipinski definition) is 1. The number of thiazole rings is 1. The zero-order valence-corrected chi connectivity index (χ0v) is 10.3. The van der Waals surface area contributed by atoms with E-state index in [4.69, 9.17) is 5.73 Å². The van der Waals surface area contributed by atoms with E-state index in [-0.39, 0.29) is 0 Å². The van der Waals surface area contributed by atoms with E-state index < -0.39 is 0 Å². The maximum atomic E-state index is 5.58. The third-order valence-electron chi connectivity index (χ3n) is 2.65. The summed E-state index contributed by atoms with van der Waals surface area (Å²) in [5, 5.41) is 0. The monoisotopic (exact) mass is 232 g/mol. The van der Waals surface area contributed by atoms with Gasteiger partial charge in [0.2, 0.25) is 0 Å². The minimum atomic E-state index is 0.657. The van der Waals surface area contributed by atoms with Gasteiger partial charge in [-0.2, -0.15) is 0 Å². The Hall–Kier alpha value is -1.19. The maximum Gasteiger partial charge on any atom is 0.0801 e. The molecule has 2 aromatic rings. The molecule has 2 N–H and O–H groups in total. The van der Waals surface area contributed by atoms with Gasteiger partial charge in [0.1, 0.15) is 0 Å². The summed E-state index contributed by atoms with van der Waals surface area (Å²) in [7, 11) is 0. The van der Waals surface area contributed by atoms with Crippen LogP contribution < -0.4 is 5.73 Å². The highest BCUT2D eigenvalue weighted by Crippen LogP contribution is 2.28. The summed E-state index contributed by atoms with van der Waals surface area (Å²) in [5.74, 6) is 0. The SMILES string of the molecule is CCc1ccc(-c2scnc2CCN)cc1. The van der Waals surface area contributed by atoms with Crippen LogP contribution in [-0.4, -0.2) is 11.5 Å². The van der Waals surface area contributed by atoms with Gasteiger partial charge in [0.15, 0.2) is 0 Å². The van der Waals surface area contributed by atoms with Crippen LogP contribution in [-0.2, 0) is 12.8 Å². The van der Waals surface area contributed by atoms with Crippen molar-refractivity contribution < 1.29 is 0 Å². The standard InChI is InChI=1S/C13H16N2S/c1-2-10-3-5-11(6-4-10)13-12(7-8-14)15-9-16-13/h3-6,9H,2,7-8,14H2,1H3. The van der Waals surface area contributed by atoms with E-state index in [1.54, 1.807) is 11.3 Å². The number of rotatable bonds is 4. The van der Waals surface area contributed by atoms with Crippen LogP contribution in [0.25, 0.3) is 10.4 Å². The molecular formula is C13H16N2S. The Morgan fingerprint density at radius 3 is 2.62 bits per heavy atom. The van der Waals surface area contributed by atoms with Crippen LogP contribution in [0.5, 0.6) is 0 Å². The molecule has 0 aliphatic heterocycles. The largest absolute Gasteiger partial charge is 0.330 e. The first-order valence-corrected chi connectivity index (χ1v) is 6.45. The molecule has 3 heteroatoms. The van der Waals surface area contributed by atoms with Crippen LogP contribution in [0.2, 0.25) is 0 Å². The normalized spacial score (nSPS) is 10.6.